The molecule has 5 heteroatoms. The number of carbonyl (C=O) groups is 2. The number of likely N-dealkylation sites (tertiary alicyclic amines) is 1. The predicted molar refractivity (Wildman–Crippen MR) is 128 cm³/mol. The van der Waals surface area contributed by atoms with Crippen molar-refractivity contribution in [2.24, 2.45) is 0 Å². The van der Waals surface area contributed by atoms with Gasteiger partial charge >= 0.3 is 5.97 Å². The summed E-state index contributed by atoms with van der Waals surface area (Å²) in [6.45, 7) is 1.50. The molecule has 1 N–H and O–H groups in total. The quantitative estimate of drug-likeness (QED) is 0.338. The molecule has 4 aromatic rings. The zero-order valence-electron chi connectivity index (χ0n) is 18.4. The third-order valence-corrected chi connectivity index (χ3v) is 6.40. The van der Waals surface area contributed by atoms with E-state index in [0.717, 1.165) is 42.4 Å². The Labute approximate surface area is 193 Å². The molecular formula is C28H26N2O3. The molecule has 1 aliphatic heterocycles. The number of carbonyl (C=O) groups excluding carboxylic acids is 2. The molecule has 1 aromatic heterocycles. The molecule has 1 fully saturated rings. The number of aromatic amines is 1. The van der Waals surface area contributed by atoms with Crippen molar-refractivity contribution >= 4 is 22.8 Å². The van der Waals surface area contributed by atoms with E-state index in [0.29, 0.717) is 17.2 Å². The SMILES string of the molecule is O=C(Cc1c[nH]c2ccccc12)Oc1ccc(C(=O)N2CCC(c3ccccc3)CC2)cc1. The van der Waals surface area contributed by atoms with Gasteiger partial charge in [-0.25, -0.2) is 0 Å². The Kier molecular flexibility index (Phi) is 5.94. The zero-order valence-corrected chi connectivity index (χ0v) is 18.4. The van der Waals surface area contributed by atoms with E-state index in [1.54, 1.807) is 24.3 Å². The molecule has 1 saturated heterocycles. The number of piperidine rings is 1. The Morgan fingerprint density at radius 2 is 1.58 bits per heavy atom. The number of para-hydroxylation sites is 1. The van der Waals surface area contributed by atoms with Gasteiger partial charge in [0, 0.05) is 35.8 Å². The van der Waals surface area contributed by atoms with Crippen molar-refractivity contribution in [3.8, 4) is 5.75 Å². The van der Waals surface area contributed by atoms with Crippen molar-refractivity contribution in [2.75, 3.05) is 13.1 Å². The number of nitrogens with one attached hydrogen (secondary N) is 1. The second-order valence-corrected chi connectivity index (χ2v) is 8.51. The van der Waals surface area contributed by atoms with Crippen LogP contribution < -0.4 is 4.74 Å². The molecule has 0 aliphatic carbocycles. The van der Waals surface area contributed by atoms with Crippen LogP contribution >= 0.6 is 0 Å². The van der Waals surface area contributed by atoms with E-state index in [1.807, 2.05) is 41.4 Å². The van der Waals surface area contributed by atoms with Crippen molar-refractivity contribution in [3.63, 3.8) is 0 Å². The summed E-state index contributed by atoms with van der Waals surface area (Å²) >= 11 is 0. The second kappa shape index (κ2) is 9.33. The lowest BCUT2D eigenvalue weighted by molar-refractivity contribution is -0.133. The summed E-state index contributed by atoms with van der Waals surface area (Å²) in [7, 11) is 0. The summed E-state index contributed by atoms with van der Waals surface area (Å²) < 4.78 is 5.50. The minimum atomic E-state index is -0.332. The number of ether oxygens (including phenoxy) is 1. The molecule has 0 radical (unpaired) electrons. The molecule has 0 atom stereocenters. The van der Waals surface area contributed by atoms with Crippen molar-refractivity contribution in [2.45, 2.75) is 25.2 Å². The fourth-order valence-electron chi connectivity index (χ4n) is 4.59. The first kappa shape index (κ1) is 21.0. The Morgan fingerprint density at radius 1 is 0.879 bits per heavy atom. The van der Waals surface area contributed by atoms with Gasteiger partial charge in [-0.2, -0.15) is 0 Å². The van der Waals surface area contributed by atoms with Gasteiger partial charge < -0.3 is 14.6 Å². The maximum atomic E-state index is 12.9. The molecule has 166 valence electrons. The van der Waals surface area contributed by atoms with E-state index in [-0.39, 0.29) is 18.3 Å². The molecular weight excluding hydrogens is 412 g/mol. The van der Waals surface area contributed by atoms with E-state index < -0.39 is 0 Å². The largest absolute Gasteiger partial charge is 0.426 e. The van der Waals surface area contributed by atoms with Crippen molar-refractivity contribution < 1.29 is 14.3 Å². The molecule has 1 aliphatic rings. The Hall–Kier alpha value is -3.86. The van der Waals surface area contributed by atoms with Crippen LogP contribution in [0.15, 0.2) is 85.1 Å². The molecule has 5 rings (SSSR count). The number of benzene rings is 3. The Bertz CT molecular complexity index is 1250. The summed E-state index contributed by atoms with van der Waals surface area (Å²) in [5.74, 6) is 0.647. The molecule has 5 nitrogen and oxygen atoms in total. The normalized spacial score (nSPS) is 14.4. The predicted octanol–water partition coefficient (Wildman–Crippen LogP) is 5.34. The third kappa shape index (κ3) is 4.67. The molecule has 0 saturated carbocycles. The molecule has 0 unspecified atom stereocenters. The zero-order chi connectivity index (χ0) is 22.6. The topological polar surface area (TPSA) is 62.4 Å². The van der Waals surface area contributed by atoms with Crippen LogP contribution in [0.1, 0.15) is 40.2 Å². The van der Waals surface area contributed by atoms with E-state index in [9.17, 15) is 9.59 Å². The molecule has 0 bridgehead atoms. The van der Waals surface area contributed by atoms with Crippen LogP contribution in [0.5, 0.6) is 5.75 Å². The van der Waals surface area contributed by atoms with Crippen molar-refractivity contribution in [1.82, 2.24) is 9.88 Å². The highest BCUT2D eigenvalue weighted by molar-refractivity contribution is 5.94. The van der Waals surface area contributed by atoms with Gasteiger partial charge in [-0.05, 0) is 60.2 Å². The van der Waals surface area contributed by atoms with E-state index in [4.69, 9.17) is 4.74 Å². The fraction of sp³-hybridized carbons (Fsp3) is 0.214. The first-order valence-corrected chi connectivity index (χ1v) is 11.4. The molecule has 33 heavy (non-hydrogen) atoms. The highest BCUT2D eigenvalue weighted by Crippen LogP contribution is 2.28. The average molecular weight is 439 g/mol. The van der Waals surface area contributed by atoms with Crippen LogP contribution in [0.4, 0.5) is 0 Å². The lowest BCUT2D eigenvalue weighted by Crippen LogP contribution is -2.37. The minimum Gasteiger partial charge on any atom is -0.426 e. The van der Waals surface area contributed by atoms with Gasteiger partial charge in [0.05, 0.1) is 6.42 Å². The van der Waals surface area contributed by atoms with Gasteiger partial charge in [0.25, 0.3) is 5.91 Å². The van der Waals surface area contributed by atoms with Crippen molar-refractivity contribution in [1.29, 1.82) is 0 Å². The smallest absolute Gasteiger partial charge is 0.315 e. The first-order valence-electron chi connectivity index (χ1n) is 11.4. The lowest BCUT2D eigenvalue weighted by Gasteiger charge is -2.32. The van der Waals surface area contributed by atoms with Gasteiger partial charge in [-0.1, -0.05) is 48.5 Å². The number of esters is 1. The Balaban J connectivity index is 1.16. The molecule has 0 spiro atoms. The maximum Gasteiger partial charge on any atom is 0.315 e. The number of amides is 1. The standard InChI is InChI=1S/C28H26N2O3/c31-27(18-23-19-29-26-9-5-4-8-25(23)26)33-24-12-10-22(11-13-24)28(32)30-16-14-21(15-17-30)20-6-2-1-3-7-20/h1-13,19,21,29H,14-18H2. The Morgan fingerprint density at radius 3 is 2.33 bits per heavy atom. The number of nitrogens with zero attached hydrogens (tertiary/aromatic N) is 1. The van der Waals surface area contributed by atoms with Crippen LogP contribution in [0.2, 0.25) is 0 Å². The van der Waals surface area contributed by atoms with Crippen LogP contribution in [0.3, 0.4) is 0 Å². The van der Waals surface area contributed by atoms with Crippen LogP contribution in [-0.2, 0) is 11.2 Å². The van der Waals surface area contributed by atoms with E-state index in [1.165, 1.54) is 5.56 Å². The lowest BCUT2D eigenvalue weighted by atomic mass is 9.89. The highest BCUT2D eigenvalue weighted by atomic mass is 16.5. The monoisotopic (exact) mass is 438 g/mol. The summed E-state index contributed by atoms with van der Waals surface area (Å²) in [5.41, 5.74) is 3.87. The van der Waals surface area contributed by atoms with Gasteiger partial charge in [-0.15, -0.1) is 0 Å². The third-order valence-electron chi connectivity index (χ3n) is 6.40. The average Bonchev–Trinajstić information content (AvgIpc) is 3.27. The molecule has 1 amide bonds. The summed E-state index contributed by atoms with van der Waals surface area (Å²) in [5, 5.41) is 1.02. The summed E-state index contributed by atoms with van der Waals surface area (Å²) in [4.78, 5) is 30.4. The number of hydrogen-bond acceptors (Lipinski definition) is 3. The van der Waals surface area contributed by atoms with Gasteiger partial charge in [0.2, 0.25) is 0 Å². The van der Waals surface area contributed by atoms with Crippen molar-refractivity contribution in [3.05, 3.63) is 102 Å². The highest BCUT2D eigenvalue weighted by Gasteiger charge is 2.24. The maximum absolute atomic E-state index is 12.9. The number of rotatable bonds is 5. The summed E-state index contributed by atoms with van der Waals surface area (Å²) in [6.07, 6.45) is 3.97. The summed E-state index contributed by atoms with van der Waals surface area (Å²) in [6, 6.07) is 25.2. The van der Waals surface area contributed by atoms with Crippen LogP contribution in [0.25, 0.3) is 10.9 Å². The molecule has 3 aromatic carbocycles. The van der Waals surface area contributed by atoms with Gasteiger partial charge in [0.1, 0.15) is 5.75 Å². The number of aromatic nitrogens is 1. The number of fused-ring (bicyclic) bond motifs is 1. The number of hydrogen-bond donors (Lipinski definition) is 1. The van der Waals surface area contributed by atoms with E-state index >= 15 is 0 Å². The van der Waals surface area contributed by atoms with E-state index in [2.05, 4.69) is 29.2 Å². The first-order chi connectivity index (χ1) is 16.2. The van der Waals surface area contributed by atoms with Gasteiger partial charge in [-0.3, -0.25) is 9.59 Å². The fourth-order valence-corrected chi connectivity index (χ4v) is 4.59. The second-order valence-electron chi connectivity index (χ2n) is 8.51. The minimum absolute atomic E-state index is 0.0261. The van der Waals surface area contributed by atoms with Gasteiger partial charge in [0.15, 0.2) is 0 Å². The van der Waals surface area contributed by atoms with Crippen LogP contribution in [0, 0.1) is 0 Å². The van der Waals surface area contributed by atoms with Crippen LogP contribution in [-0.4, -0.2) is 34.8 Å². The molecule has 2 heterocycles. The number of H-pyrrole nitrogens is 1.